The third-order valence-corrected chi connectivity index (χ3v) is 1.63. The van der Waals surface area contributed by atoms with Gasteiger partial charge in [0.05, 0.1) is 19.3 Å². The van der Waals surface area contributed by atoms with E-state index in [1.165, 1.54) is 0 Å². The molecular formula is C10H21NO3. The summed E-state index contributed by atoms with van der Waals surface area (Å²) in [6.07, 6.45) is 2.17. The van der Waals surface area contributed by atoms with Gasteiger partial charge in [-0.15, -0.1) is 6.58 Å². The smallest absolute Gasteiger partial charge is 0.0897 e. The lowest BCUT2D eigenvalue weighted by atomic mass is 10.3. The molecule has 0 radical (unpaired) electrons. The summed E-state index contributed by atoms with van der Waals surface area (Å²) in [7, 11) is 1.68. The van der Waals surface area contributed by atoms with Crippen LogP contribution in [0.3, 0.4) is 0 Å². The van der Waals surface area contributed by atoms with Crippen LogP contribution in [-0.2, 0) is 9.47 Å². The summed E-state index contributed by atoms with van der Waals surface area (Å²) >= 11 is 0. The van der Waals surface area contributed by atoms with E-state index in [2.05, 4.69) is 11.9 Å². The van der Waals surface area contributed by atoms with Gasteiger partial charge in [0, 0.05) is 20.3 Å². The maximum Gasteiger partial charge on any atom is 0.0897 e. The van der Waals surface area contributed by atoms with Crippen molar-refractivity contribution in [2.75, 3.05) is 40.0 Å². The molecule has 0 aliphatic rings. The molecule has 0 aliphatic heterocycles. The molecule has 0 bridgehead atoms. The molecule has 4 heteroatoms. The zero-order chi connectivity index (χ0) is 10.6. The van der Waals surface area contributed by atoms with Crippen molar-refractivity contribution in [3.63, 3.8) is 0 Å². The molecule has 0 unspecified atom stereocenters. The van der Waals surface area contributed by atoms with E-state index < -0.39 is 6.10 Å². The van der Waals surface area contributed by atoms with Gasteiger partial charge in [0.2, 0.25) is 0 Å². The van der Waals surface area contributed by atoms with E-state index in [0.29, 0.717) is 19.8 Å². The predicted molar refractivity (Wildman–Crippen MR) is 56.4 cm³/mol. The SMILES string of the molecule is C=CCOC[C@H](O)CNCCCOC. The lowest BCUT2D eigenvalue weighted by Gasteiger charge is -2.11. The average molecular weight is 203 g/mol. The summed E-state index contributed by atoms with van der Waals surface area (Å²) in [5.41, 5.74) is 0. The monoisotopic (exact) mass is 203 g/mol. The van der Waals surface area contributed by atoms with Gasteiger partial charge < -0.3 is 19.9 Å². The second-order valence-electron chi connectivity index (χ2n) is 3.03. The van der Waals surface area contributed by atoms with Crippen LogP contribution in [0, 0.1) is 0 Å². The molecule has 2 N–H and O–H groups in total. The van der Waals surface area contributed by atoms with E-state index in [0.717, 1.165) is 19.6 Å². The number of hydrogen-bond acceptors (Lipinski definition) is 4. The minimum Gasteiger partial charge on any atom is -0.389 e. The van der Waals surface area contributed by atoms with Crippen LogP contribution in [0.5, 0.6) is 0 Å². The Kier molecular flexibility index (Phi) is 10.3. The van der Waals surface area contributed by atoms with Crippen molar-refractivity contribution in [2.24, 2.45) is 0 Å². The molecule has 0 rings (SSSR count). The fourth-order valence-electron chi connectivity index (χ4n) is 0.957. The van der Waals surface area contributed by atoms with Crippen LogP contribution in [0.25, 0.3) is 0 Å². The van der Waals surface area contributed by atoms with Crippen LogP contribution in [0.2, 0.25) is 0 Å². The van der Waals surface area contributed by atoms with E-state index >= 15 is 0 Å². The number of hydrogen-bond donors (Lipinski definition) is 2. The molecule has 0 aromatic heterocycles. The first-order chi connectivity index (χ1) is 6.81. The molecule has 0 heterocycles. The molecular weight excluding hydrogens is 182 g/mol. The van der Waals surface area contributed by atoms with Gasteiger partial charge in [-0.3, -0.25) is 0 Å². The van der Waals surface area contributed by atoms with Gasteiger partial charge in [0.1, 0.15) is 0 Å². The van der Waals surface area contributed by atoms with Gasteiger partial charge >= 0.3 is 0 Å². The van der Waals surface area contributed by atoms with Crippen molar-refractivity contribution < 1.29 is 14.6 Å². The summed E-state index contributed by atoms with van der Waals surface area (Å²) in [6.45, 7) is 6.51. The zero-order valence-corrected chi connectivity index (χ0v) is 8.87. The summed E-state index contributed by atoms with van der Waals surface area (Å²) in [4.78, 5) is 0. The van der Waals surface area contributed by atoms with Crippen LogP contribution in [0.1, 0.15) is 6.42 Å². The van der Waals surface area contributed by atoms with Gasteiger partial charge in [0.15, 0.2) is 0 Å². The molecule has 14 heavy (non-hydrogen) atoms. The molecule has 0 saturated heterocycles. The molecule has 0 aromatic rings. The van der Waals surface area contributed by atoms with Crippen LogP contribution in [-0.4, -0.2) is 51.2 Å². The maximum atomic E-state index is 9.38. The number of aliphatic hydroxyl groups is 1. The Bertz CT molecular complexity index is 131. The van der Waals surface area contributed by atoms with Gasteiger partial charge in [-0.05, 0) is 13.0 Å². The fourth-order valence-corrected chi connectivity index (χ4v) is 0.957. The van der Waals surface area contributed by atoms with Crippen LogP contribution < -0.4 is 5.32 Å². The molecule has 0 saturated carbocycles. The summed E-state index contributed by atoms with van der Waals surface area (Å²) in [5, 5.41) is 12.5. The normalized spacial score (nSPS) is 12.7. The van der Waals surface area contributed by atoms with Crippen LogP contribution in [0.4, 0.5) is 0 Å². The van der Waals surface area contributed by atoms with Crippen LogP contribution in [0.15, 0.2) is 12.7 Å². The Hall–Kier alpha value is -0.420. The lowest BCUT2D eigenvalue weighted by Crippen LogP contribution is -2.31. The highest BCUT2D eigenvalue weighted by Gasteiger charge is 2.01. The van der Waals surface area contributed by atoms with E-state index in [9.17, 15) is 5.11 Å². The lowest BCUT2D eigenvalue weighted by molar-refractivity contribution is 0.0493. The molecule has 0 spiro atoms. The second-order valence-corrected chi connectivity index (χ2v) is 3.03. The first kappa shape index (κ1) is 13.6. The van der Waals surface area contributed by atoms with Crippen molar-refractivity contribution in [3.8, 4) is 0 Å². The minimum atomic E-state index is -0.447. The zero-order valence-electron chi connectivity index (χ0n) is 8.87. The molecule has 1 atom stereocenters. The third kappa shape index (κ3) is 9.67. The van der Waals surface area contributed by atoms with E-state index in [1.807, 2.05) is 0 Å². The van der Waals surface area contributed by atoms with E-state index in [4.69, 9.17) is 9.47 Å². The van der Waals surface area contributed by atoms with E-state index in [-0.39, 0.29) is 0 Å². The molecule has 0 aromatic carbocycles. The fraction of sp³-hybridized carbons (Fsp3) is 0.800. The Labute approximate surface area is 85.9 Å². The van der Waals surface area contributed by atoms with Crippen molar-refractivity contribution in [3.05, 3.63) is 12.7 Å². The number of methoxy groups -OCH3 is 1. The van der Waals surface area contributed by atoms with Crippen molar-refractivity contribution in [2.45, 2.75) is 12.5 Å². The van der Waals surface area contributed by atoms with Crippen molar-refractivity contribution >= 4 is 0 Å². The minimum absolute atomic E-state index is 0.350. The number of aliphatic hydroxyl groups excluding tert-OH is 1. The number of rotatable bonds is 10. The first-order valence-corrected chi connectivity index (χ1v) is 4.87. The Morgan fingerprint density at radius 2 is 2.36 bits per heavy atom. The Morgan fingerprint density at radius 3 is 3.00 bits per heavy atom. The van der Waals surface area contributed by atoms with Gasteiger partial charge in [0.25, 0.3) is 0 Å². The quantitative estimate of drug-likeness (QED) is 0.393. The van der Waals surface area contributed by atoms with Gasteiger partial charge in [-0.1, -0.05) is 6.08 Å². The molecule has 0 amide bonds. The molecule has 84 valence electrons. The largest absolute Gasteiger partial charge is 0.389 e. The predicted octanol–water partition coefficient (Wildman–Crippen LogP) is 0.176. The highest BCUT2D eigenvalue weighted by molar-refractivity contribution is 4.65. The van der Waals surface area contributed by atoms with E-state index in [1.54, 1.807) is 13.2 Å². The molecule has 4 nitrogen and oxygen atoms in total. The highest BCUT2D eigenvalue weighted by atomic mass is 16.5. The van der Waals surface area contributed by atoms with Crippen LogP contribution >= 0.6 is 0 Å². The highest BCUT2D eigenvalue weighted by Crippen LogP contribution is 1.85. The van der Waals surface area contributed by atoms with Crippen molar-refractivity contribution in [1.29, 1.82) is 0 Å². The standard InChI is InChI=1S/C10H21NO3/c1-3-6-14-9-10(12)8-11-5-4-7-13-2/h3,10-12H,1,4-9H2,2H3/t10-/m1/s1. The topological polar surface area (TPSA) is 50.7 Å². The second kappa shape index (κ2) is 10.7. The van der Waals surface area contributed by atoms with Gasteiger partial charge in [-0.2, -0.15) is 0 Å². The first-order valence-electron chi connectivity index (χ1n) is 4.87. The average Bonchev–Trinajstić information content (AvgIpc) is 2.18. The Balaban J connectivity index is 3.09. The summed E-state index contributed by atoms with van der Waals surface area (Å²) in [6, 6.07) is 0. The summed E-state index contributed by atoms with van der Waals surface area (Å²) in [5.74, 6) is 0. The number of ether oxygens (including phenoxy) is 2. The summed E-state index contributed by atoms with van der Waals surface area (Å²) < 4.78 is 9.98. The van der Waals surface area contributed by atoms with Gasteiger partial charge in [-0.25, -0.2) is 0 Å². The maximum absolute atomic E-state index is 9.38. The third-order valence-electron chi connectivity index (χ3n) is 1.63. The van der Waals surface area contributed by atoms with Crippen molar-refractivity contribution in [1.82, 2.24) is 5.32 Å². The molecule has 0 fully saturated rings. The molecule has 0 aliphatic carbocycles. The Morgan fingerprint density at radius 1 is 1.57 bits per heavy atom. The number of nitrogens with one attached hydrogen (secondary N) is 1.